The molecule has 0 fully saturated rings. The van der Waals surface area contributed by atoms with Crippen LogP contribution in [0.5, 0.6) is 0 Å². The van der Waals surface area contributed by atoms with Crippen molar-refractivity contribution in [1.82, 2.24) is 0 Å². The van der Waals surface area contributed by atoms with E-state index >= 15 is 0 Å². The second kappa shape index (κ2) is 4.56. The van der Waals surface area contributed by atoms with Crippen molar-refractivity contribution in [2.45, 2.75) is 24.1 Å². The molecule has 2 nitrogen and oxygen atoms in total. The maximum atomic E-state index is 12.1. The van der Waals surface area contributed by atoms with Crippen LogP contribution in [0.4, 0.5) is 43.9 Å². The van der Waals surface area contributed by atoms with Gasteiger partial charge in [-0.2, -0.15) is 43.9 Å². The van der Waals surface area contributed by atoms with E-state index in [2.05, 4.69) is 4.74 Å². The van der Waals surface area contributed by atoms with Gasteiger partial charge in [0.05, 0.1) is 0 Å². The number of carbonyl (C=O) groups excluding carboxylic acids is 1. The van der Waals surface area contributed by atoms with Gasteiger partial charge in [0, 0.05) is 0 Å². The van der Waals surface area contributed by atoms with Crippen LogP contribution in [0.2, 0.25) is 0 Å². The van der Waals surface area contributed by atoms with Crippen molar-refractivity contribution in [2.24, 2.45) is 0 Å². The highest BCUT2D eigenvalue weighted by Crippen LogP contribution is 2.55. The molecular formula is C7H2F10O2. The molecule has 0 aliphatic carbocycles. The molecular weight excluding hydrogens is 306 g/mol. The van der Waals surface area contributed by atoms with E-state index in [4.69, 9.17) is 0 Å². The average Bonchev–Trinajstić information content (AvgIpc) is 2.06. The van der Waals surface area contributed by atoms with Crippen LogP contribution in [0, 0.1) is 0 Å². The molecule has 0 aliphatic heterocycles. The Morgan fingerprint density at radius 2 is 1.05 bits per heavy atom. The quantitative estimate of drug-likeness (QED) is 0.444. The molecule has 0 aromatic heterocycles. The van der Waals surface area contributed by atoms with E-state index in [-0.39, 0.29) is 0 Å². The van der Waals surface area contributed by atoms with Crippen LogP contribution >= 0.6 is 0 Å². The lowest BCUT2D eigenvalue weighted by molar-refractivity contribution is -0.445. The number of alkyl halides is 9. The van der Waals surface area contributed by atoms with E-state index < -0.39 is 35.9 Å². The molecule has 0 aromatic carbocycles. The molecule has 0 N–H and O–H groups in total. The van der Waals surface area contributed by atoms with Gasteiger partial charge in [0.25, 0.3) is 0 Å². The van der Waals surface area contributed by atoms with Crippen LogP contribution in [0.25, 0.3) is 0 Å². The maximum absolute atomic E-state index is 12.1. The monoisotopic (exact) mass is 308 g/mol. The number of rotatable bonds is 2. The Balaban J connectivity index is 6.12. The highest BCUT2D eigenvalue weighted by molar-refractivity contribution is 5.85. The van der Waals surface area contributed by atoms with E-state index in [1.807, 2.05) is 6.58 Å². The Hall–Kier alpha value is -1.49. The molecule has 0 bridgehead atoms. The SMILES string of the molecule is C=C(F)C(=O)OC(C(F)(F)F)(C(F)(F)F)C(F)(F)F. The number of carbonyl (C=O) groups is 1. The van der Waals surface area contributed by atoms with Crippen molar-refractivity contribution in [3.8, 4) is 0 Å². The van der Waals surface area contributed by atoms with Crippen molar-refractivity contribution in [1.29, 1.82) is 0 Å². The summed E-state index contributed by atoms with van der Waals surface area (Å²) in [5.74, 6) is -5.69. The van der Waals surface area contributed by atoms with Crippen LogP contribution < -0.4 is 0 Å². The lowest BCUT2D eigenvalue weighted by Crippen LogP contribution is -2.68. The summed E-state index contributed by atoms with van der Waals surface area (Å²) in [5.41, 5.74) is -6.83. The largest absolute Gasteiger partial charge is 0.447 e. The fourth-order valence-corrected chi connectivity index (χ4v) is 0.850. The molecule has 0 heterocycles. The Morgan fingerprint density at radius 1 is 0.789 bits per heavy atom. The zero-order valence-electron chi connectivity index (χ0n) is 8.30. The van der Waals surface area contributed by atoms with Gasteiger partial charge in [0.1, 0.15) is 0 Å². The molecule has 0 spiro atoms. The molecule has 0 saturated carbocycles. The molecule has 0 amide bonds. The number of ether oxygens (including phenoxy) is 1. The first-order valence-electron chi connectivity index (χ1n) is 3.86. The molecule has 0 aliphatic rings. The zero-order valence-corrected chi connectivity index (χ0v) is 8.30. The second-order valence-electron chi connectivity index (χ2n) is 2.97. The first kappa shape index (κ1) is 17.5. The van der Waals surface area contributed by atoms with Crippen molar-refractivity contribution >= 4 is 5.97 Å². The first-order chi connectivity index (χ1) is 8.08. The number of hydrogen-bond acceptors (Lipinski definition) is 2. The summed E-state index contributed by atoms with van der Waals surface area (Å²) in [4.78, 5) is 10.3. The molecule has 12 heteroatoms. The predicted octanol–water partition coefficient (Wildman–Crippen LogP) is 3.44. The standard InChI is InChI=1S/C7H2F10O2/c1-2(8)3(18)19-4(5(9,10)11,6(12,13)14)7(15,16)17/h1H2. The zero-order chi connectivity index (χ0) is 15.9. The minimum Gasteiger partial charge on any atom is -0.427 e. The van der Waals surface area contributed by atoms with E-state index in [0.29, 0.717) is 0 Å². The van der Waals surface area contributed by atoms with Crippen molar-refractivity contribution in [3.63, 3.8) is 0 Å². The molecule has 0 aromatic rings. The van der Waals surface area contributed by atoms with E-state index in [1.165, 1.54) is 0 Å². The summed E-state index contributed by atoms with van der Waals surface area (Å²) in [6.07, 6.45) is -21.3. The normalized spacial score (nSPS) is 14.2. The molecule has 0 saturated heterocycles. The van der Waals surface area contributed by atoms with Gasteiger partial charge < -0.3 is 4.74 Å². The van der Waals surface area contributed by atoms with Crippen molar-refractivity contribution < 1.29 is 53.4 Å². The van der Waals surface area contributed by atoms with Crippen molar-refractivity contribution in [3.05, 3.63) is 12.4 Å². The molecule has 112 valence electrons. The molecule has 0 atom stereocenters. The molecule has 0 radical (unpaired) electrons. The minimum atomic E-state index is -7.10. The van der Waals surface area contributed by atoms with E-state index in [1.54, 1.807) is 0 Å². The number of hydrogen-bond donors (Lipinski definition) is 0. The van der Waals surface area contributed by atoms with Crippen LogP contribution in [-0.4, -0.2) is 30.1 Å². The van der Waals surface area contributed by atoms with Gasteiger partial charge in [-0.3, -0.25) is 0 Å². The van der Waals surface area contributed by atoms with Crippen LogP contribution in [-0.2, 0) is 9.53 Å². The third-order valence-corrected chi connectivity index (χ3v) is 1.66. The Labute approximate surface area is 97.2 Å². The summed E-state index contributed by atoms with van der Waals surface area (Å²) >= 11 is 0. The first-order valence-corrected chi connectivity index (χ1v) is 3.86. The van der Waals surface area contributed by atoms with Crippen LogP contribution in [0.3, 0.4) is 0 Å². The number of halogens is 10. The van der Waals surface area contributed by atoms with Gasteiger partial charge in [-0.1, -0.05) is 6.58 Å². The van der Waals surface area contributed by atoms with Crippen LogP contribution in [0.15, 0.2) is 12.4 Å². The van der Waals surface area contributed by atoms with Gasteiger partial charge in [0.2, 0.25) is 5.83 Å². The lowest BCUT2D eigenvalue weighted by atomic mass is 10.0. The Morgan fingerprint density at radius 3 is 1.21 bits per heavy atom. The van der Waals surface area contributed by atoms with Crippen LogP contribution in [0.1, 0.15) is 0 Å². The summed E-state index contributed by atoms with van der Waals surface area (Å²) in [5, 5.41) is 0. The molecule has 0 rings (SSSR count). The van der Waals surface area contributed by atoms with Crippen molar-refractivity contribution in [2.75, 3.05) is 0 Å². The van der Waals surface area contributed by atoms with Gasteiger partial charge in [-0.05, 0) is 0 Å². The second-order valence-corrected chi connectivity index (χ2v) is 2.97. The average molecular weight is 308 g/mol. The van der Waals surface area contributed by atoms with Gasteiger partial charge >= 0.3 is 30.1 Å². The van der Waals surface area contributed by atoms with E-state index in [0.717, 1.165) is 0 Å². The highest BCUT2D eigenvalue weighted by Gasteiger charge is 2.87. The summed E-state index contributed by atoms with van der Waals surface area (Å²) in [6, 6.07) is 0. The predicted molar refractivity (Wildman–Crippen MR) is 37.2 cm³/mol. The lowest BCUT2D eigenvalue weighted by Gasteiger charge is -2.37. The number of esters is 1. The molecule has 0 unspecified atom stereocenters. The van der Waals surface area contributed by atoms with Gasteiger partial charge in [0.15, 0.2) is 0 Å². The summed E-state index contributed by atoms with van der Waals surface area (Å²) < 4.78 is 123. The minimum absolute atomic E-state index is 1.94. The van der Waals surface area contributed by atoms with Gasteiger partial charge in [-0.25, -0.2) is 4.79 Å². The van der Waals surface area contributed by atoms with E-state index in [9.17, 15) is 48.7 Å². The smallest absolute Gasteiger partial charge is 0.427 e. The topological polar surface area (TPSA) is 26.3 Å². The third kappa shape index (κ3) is 2.92. The highest BCUT2D eigenvalue weighted by atomic mass is 19.4. The Bertz CT molecular complexity index is 337. The fraction of sp³-hybridized carbons (Fsp3) is 0.571. The Kier molecular flexibility index (Phi) is 4.20. The maximum Gasteiger partial charge on any atom is 0.447 e. The van der Waals surface area contributed by atoms with Gasteiger partial charge in [-0.15, -0.1) is 0 Å². The summed E-state index contributed by atoms with van der Waals surface area (Å²) in [7, 11) is 0. The molecule has 19 heavy (non-hydrogen) atoms. The fourth-order valence-electron chi connectivity index (χ4n) is 0.850. The third-order valence-electron chi connectivity index (χ3n) is 1.66. The summed E-state index contributed by atoms with van der Waals surface area (Å²) in [6.45, 7) is 1.94.